The molecule has 0 bridgehead atoms. The van der Waals surface area contributed by atoms with Gasteiger partial charge < -0.3 is 24.6 Å². The Labute approximate surface area is 274 Å². The van der Waals surface area contributed by atoms with Crippen LogP contribution in [-0.4, -0.2) is 92.0 Å². The summed E-state index contributed by atoms with van der Waals surface area (Å²) in [5.41, 5.74) is 1.26. The van der Waals surface area contributed by atoms with Crippen LogP contribution in [0, 0.1) is 10.1 Å². The van der Waals surface area contributed by atoms with Crippen LogP contribution in [0.5, 0.6) is 0 Å². The first-order valence-corrected chi connectivity index (χ1v) is 17.0. The number of rotatable bonds is 12. The monoisotopic (exact) mass is 679 g/mol. The predicted octanol–water partition coefficient (Wildman–Crippen LogP) is 3.11. The van der Waals surface area contributed by atoms with Crippen LogP contribution in [0.25, 0.3) is 11.2 Å². The molecule has 3 aliphatic rings. The number of para-hydroxylation sites is 1. The van der Waals surface area contributed by atoms with Gasteiger partial charge in [0.05, 0.1) is 11.3 Å². The third kappa shape index (κ3) is 6.22. The van der Waals surface area contributed by atoms with Crippen molar-refractivity contribution in [1.29, 1.82) is 0 Å². The molecule has 7 rings (SSSR count). The summed E-state index contributed by atoms with van der Waals surface area (Å²) < 4.78 is 49.2. The summed E-state index contributed by atoms with van der Waals surface area (Å²) in [6, 6.07) is 14.6. The lowest BCUT2D eigenvalue weighted by Crippen LogP contribution is -2.44. The third-order valence-corrected chi connectivity index (χ3v) is 10.7. The zero-order valence-corrected chi connectivity index (χ0v) is 26.4. The second-order valence-corrected chi connectivity index (χ2v) is 13.9. The van der Waals surface area contributed by atoms with E-state index in [9.17, 15) is 28.4 Å². The Kier molecular flexibility index (Phi) is 8.78. The summed E-state index contributed by atoms with van der Waals surface area (Å²) in [5.74, 6) is -0.862. The van der Waals surface area contributed by atoms with Crippen molar-refractivity contribution in [2.45, 2.75) is 73.9 Å². The molecule has 16 nitrogen and oxygen atoms in total. The van der Waals surface area contributed by atoms with Gasteiger partial charge in [-0.2, -0.15) is 4.31 Å². The van der Waals surface area contributed by atoms with E-state index < -0.39 is 75.4 Å². The van der Waals surface area contributed by atoms with Crippen molar-refractivity contribution < 1.29 is 37.5 Å². The van der Waals surface area contributed by atoms with Gasteiger partial charge in [-0.25, -0.2) is 23.4 Å². The van der Waals surface area contributed by atoms with Crippen molar-refractivity contribution >= 4 is 38.7 Å². The molecule has 2 aromatic carbocycles. The fourth-order valence-electron chi connectivity index (χ4n) is 6.65. The van der Waals surface area contributed by atoms with Gasteiger partial charge in [-0.1, -0.05) is 55.3 Å². The normalized spacial score (nSPS) is 24.3. The van der Waals surface area contributed by atoms with E-state index in [-0.39, 0.29) is 6.04 Å². The number of sulfonamides is 1. The van der Waals surface area contributed by atoms with Crippen LogP contribution in [0.15, 0.2) is 72.1 Å². The van der Waals surface area contributed by atoms with Gasteiger partial charge in [-0.3, -0.25) is 19.5 Å². The van der Waals surface area contributed by atoms with Crippen LogP contribution in [0.4, 0.5) is 11.5 Å². The average molecular weight is 680 g/mol. The van der Waals surface area contributed by atoms with Crippen molar-refractivity contribution in [2.24, 2.45) is 0 Å². The van der Waals surface area contributed by atoms with Gasteiger partial charge in [0, 0.05) is 25.1 Å². The first-order chi connectivity index (χ1) is 23.2. The minimum Gasteiger partial charge on any atom is -0.480 e. The topological polar surface area (TPSA) is 201 Å². The summed E-state index contributed by atoms with van der Waals surface area (Å²) >= 11 is 0. The fraction of sp³-hybridized carbons (Fsp3) is 0.419. The van der Waals surface area contributed by atoms with Gasteiger partial charge in [0.15, 0.2) is 34.4 Å². The minimum atomic E-state index is -4.69. The van der Waals surface area contributed by atoms with E-state index in [1.807, 2.05) is 30.3 Å². The number of nitrogens with zero attached hydrogens (tertiary/aromatic N) is 6. The van der Waals surface area contributed by atoms with Crippen molar-refractivity contribution in [1.82, 2.24) is 23.8 Å². The Morgan fingerprint density at radius 2 is 1.75 bits per heavy atom. The zero-order chi connectivity index (χ0) is 33.4. The van der Waals surface area contributed by atoms with E-state index in [1.165, 1.54) is 18.5 Å². The molecule has 3 fully saturated rings. The lowest BCUT2D eigenvalue weighted by Gasteiger charge is -2.26. The van der Waals surface area contributed by atoms with Crippen molar-refractivity contribution in [2.75, 3.05) is 18.4 Å². The minimum absolute atomic E-state index is 0.276. The van der Waals surface area contributed by atoms with Crippen molar-refractivity contribution in [3.05, 3.63) is 82.9 Å². The van der Waals surface area contributed by atoms with Gasteiger partial charge in [-0.05, 0) is 24.5 Å². The van der Waals surface area contributed by atoms with Crippen LogP contribution in [0.1, 0.15) is 37.5 Å². The van der Waals surface area contributed by atoms with Crippen LogP contribution in [0.3, 0.4) is 0 Å². The molecule has 1 saturated carbocycles. The number of hydrogen-bond acceptors (Lipinski definition) is 12. The van der Waals surface area contributed by atoms with Crippen molar-refractivity contribution in [3.8, 4) is 0 Å². The maximum absolute atomic E-state index is 13.8. The number of benzene rings is 2. The smallest absolute Gasteiger partial charge is 0.318 e. The van der Waals surface area contributed by atoms with E-state index in [2.05, 4.69) is 20.3 Å². The molecular formula is C31H33N7O9S. The van der Waals surface area contributed by atoms with E-state index in [0.29, 0.717) is 27.7 Å². The average Bonchev–Trinajstić information content (AvgIpc) is 3.87. The zero-order valence-electron chi connectivity index (χ0n) is 25.6. The van der Waals surface area contributed by atoms with Gasteiger partial charge in [0.1, 0.15) is 31.2 Å². The second kappa shape index (κ2) is 13.2. The number of imidazole rings is 1. The molecule has 0 spiro atoms. The molecule has 252 valence electrons. The number of nitrogens with one attached hydrogen (secondary N) is 1. The molecule has 2 aromatic heterocycles. The Bertz CT molecular complexity index is 1920. The maximum atomic E-state index is 13.8. The summed E-state index contributed by atoms with van der Waals surface area (Å²) in [5, 5.41) is 24.9. The summed E-state index contributed by atoms with van der Waals surface area (Å²) in [4.78, 5) is 35.7. The molecule has 0 amide bonds. The number of aliphatic carboxylic acids is 1. The van der Waals surface area contributed by atoms with E-state index in [0.717, 1.165) is 43.4 Å². The van der Waals surface area contributed by atoms with E-state index >= 15 is 0 Å². The number of nitro benzene ring substituents is 1. The molecule has 2 saturated heterocycles. The molecule has 5 atom stereocenters. The van der Waals surface area contributed by atoms with E-state index in [1.54, 1.807) is 10.9 Å². The van der Waals surface area contributed by atoms with Crippen LogP contribution in [-0.2, 0) is 35.4 Å². The second-order valence-electron chi connectivity index (χ2n) is 12.0. The Hall–Kier alpha value is -4.55. The number of fused-ring (bicyclic) bond motifs is 2. The highest BCUT2D eigenvalue weighted by Crippen LogP contribution is 2.42. The first-order valence-electron chi connectivity index (χ1n) is 15.6. The third-order valence-electron chi connectivity index (χ3n) is 8.85. The molecule has 2 N–H and O–H groups in total. The van der Waals surface area contributed by atoms with Crippen LogP contribution >= 0.6 is 0 Å². The molecule has 2 aliphatic heterocycles. The number of carboxylic acids is 1. The van der Waals surface area contributed by atoms with Gasteiger partial charge in [0.2, 0.25) is 0 Å². The number of nitro groups is 1. The van der Waals surface area contributed by atoms with Crippen molar-refractivity contribution in [3.63, 3.8) is 0 Å². The Morgan fingerprint density at radius 3 is 2.50 bits per heavy atom. The van der Waals surface area contributed by atoms with Crippen LogP contribution < -0.4 is 5.32 Å². The number of aromatic nitrogens is 4. The number of anilines is 1. The largest absolute Gasteiger partial charge is 0.480 e. The van der Waals surface area contributed by atoms with Crippen LogP contribution in [0.2, 0.25) is 0 Å². The standard InChI is InChI=1S/C31H33N7O9S/c39-24(40)16-36(48(43,44)23-13-7-6-12-21(23)38(41)42)15-22-27-28(47-25(46-27)14-19-8-2-1-3-9-19)31(45-22)37-18-34-26-29(32-17-33-30(26)37)35-20-10-4-5-11-20/h1-3,6-9,12-13,17-18,20,22,25,27-28,31H,4-5,10-11,14-16H2,(H,39,40)(H,32,33,35). The molecule has 17 heteroatoms. The van der Waals surface area contributed by atoms with Gasteiger partial charge in [0.25, 0.3) is 15.7 Å². The SMILES string of the molecule is O=C(O)CN(CC1OC(n2cnc3c(NC4CCCC4)ncnc32)C2OC(Cc3ccccc3)OC12)S(=O)(=O)c1ccccc1[N+](=O)[O-]. The Morgan fingerprint density at radius 1 is 1.02 bits per heavy atom. The molecule has 4 aromatic rings. The molecular weight excluding hydrogens is 646 g/mol. The highest BCUT2D eigenvalue weighted by atomic mass is 32.2. The summed E-state index contributed by atoms with van der Waals surface area (Å²) in [6.45, 7) is -1.46. The van der Waals surface area contributed by atoms with E-state index in [4.69, 9.17) is 14.2 Å². The first kappa shape index (κ1) is 32.0. The summed E-state index contributed by atoms with van der Waals surface area (Å²) in [6.07, 6.45) is 3.45. The highest BCUT2D eigenvalue weighted by Gasteiger charge is 2.55. The Balaban J connectivity index is 1.22. The molecule has 48 heavy (non-hydrogen) atoms. The number of carbonyl (C=O) groups is 1. The molecule has 1 aliphatic carbocycles. The van der Waals surface area contributed by atoms with Gasteiger partial charge >= 0.3 is 5.97 Å². The van der Waals surface area contributed by atoms with Gasteiger partial charge in [-0.15, -0.1) is 0 Å². The number of carboxylic acid groups (broad SMARTS) is 1. The quantitative estimate of drug-likeness (QED) is 0.164. The molecule has 5 unspecified atom stereocenters. The lowest BCUT2D eigenvalue weighted by atomic mass is 10.1. The number of hydrogen-bond donors (Lipinski definition) is 2. The highest BCUT2D eigenvalue weighted by molar-refractivity contribution is 7.89. The molecule has 0 radical (unpaired) electrons. The lowest BCUT2D eigenvalue weighted by molar-refractivity contribution is -0.387. The molecule has 4 heterocycles. The fourth-order valence-corrected chi connectivity index (χ4v) is 8.20. The maximum Gasteiger partial charge on any atom is 0.318 e. The predicted molar refractivity (Wildman–Crippen MR) is 168 cm³/mol. The number of ether oxygens (including phenoxy) is 3. The summed E-state index contributed by atoms with van der Waals surface area (Å²) in [7, 11) is -4.69.